The second kappa shape index (κ2) is 5.27. The molecule has 0 saturated heterocycles. The molecule has 2 N–H and O–H groups in total. The molecule has 2 nitrogen and oxygen atoms in total. The van der Waals surface area contributed by atoms with Crippen molar-refractivity contribution in [1.29, 1.82) is 0 Å². The Morgan fingerprint density at radius 1 is 1.22 bits per heavy atom. The van der Waals surface area contributed by atoms with Gasteiger partial charge in [0.1, 0.15) is 5.82 Å². The van der Waals surface area contributed by atoms with Crippen molar-refractivity contribution >= 4 is 23.0 Å². The third kappa shape index (κ3) is 2.74. The largest absolute Gasteiger partial charge is 0.397 e. The fraction of sp³-hybridized carbons (Fsp3) is 0.143. The van der Waals surface area contributed by atoms with Crippen molar-refractivity contribution in [1.82, 2.24) is 0 Å². The van der Waals surface area contributed by atoms with E-state index in [1.54, 1.807) is 12.1 Å². The van der Waals surface area contributed by atoms with Gasteiger partial charge in [0.05, 0.1) is 16.4 Å². The Bertz CT molecular complexity index is 557. The summed E-state index contributed by atoms with van der Waals surface area (Å²) in [7, 11) is 1.91. The molecule has 0 fully saturated rings. The van der Waals surface area contributed by atoms with Crippen molar-refractivity contribution in [3.05, 3.63) is 58.9 Å². The van der Waals surface area contributed by atoms with Crippen LogP contribution in [0.4, 0.5) is 15.8 Å². The standard InChI is InChI=1S/C14H14ClFN2/c1-18(14-5-3-2-4-13(14)17)9-10-6-7-11(15)12(16)8-10/h2-8H,9,17H2,1H3. The van der Waals surface area contributed by atoms with E-state index in [4.69, 9.17) is 17.3 Å². The summed E-state index contributed by atoms with van der Waals surface area (Å²) in [5.41, 5.74) is 8.37. The van der Waals surface area contributed by atoms with E-state index >= 15 is 0 Å². The van der Waals surface area contributed by atoms with Gasteiger partial charge in [-0.1, -0.05) is 29.8 Å². The van der Waals surface area contributed by atoms with Gasteiger partial charge in [-0.3, -0.25) is 0 Å². The number of para-hydroxylation sites is 2. The van der Waals surface area contributed by atoms with E-state index in [0.29, 0.717) is 12.2 Å². The first kappa shape index (κ1) is 12.7. The molecule has 94 valence electrons. The highest BCUT2D eigenvalue weighted by Crippen LogP contribution is 2.23. The minimum atomic E-state index is -0.399. The molecule has 0 aliphatic heterocycles. The molecule has 2 aromatic carbocycles. The Hall–Kier alpha value is -1.74. The topological polar surface area (TPSA) is 29.3 Å². The van der Waals surface area contributed by atoms with Crippen LogP contribution in [0.5, 0.6) is 0 Å². The van der Waals surface area contributed by atoms with Gasteiger partial charge in [-0.05, 0) is 29.8 Å². The lowest BCUT2D eigenvalue weighted by Gasteiger charge is -2.21. The van der Waals surface area contributed by atoms with Gasteiger partial charge < -0.3 is 10.6 Å². The third-order valence-corrected chi connectivity index (χ3v) is 3.06. The number of benzene rings is 2. The van der Waals surface area contributed by atoms with Crippen molar-refractivity contribution in [3.63, 3.8) is 0 Å². The normalized spacial score (nSPS) is 10.4. The van der Waals surface area contributed by atoms with Crippen molar-refractivity contribution in [2.24, 2.45) is 0 Å². The molecule has 2 aromatic rings. The number of rotatable bonds is 3. The van der Waals surface area contributed by atoms with Crippen LogP contribution in [0.25, 0.3) is 0 Å². The zero-order valence-electron chi connectivity index (χ0n) is 10.0. The summed E-state index contributed by atoms with van der Waals surface area (Å²) in [4.78, 5) is 1.97. The Labute approximate surface area is 111 Å². The number of halogens is 2. The molecule has 18 heavy (non-hydrogen) atoms. The number of hydrogen-bond acceptors (Lipinski definition) is 2. The van der Waals surface area contributed by atoms with Gasteiger partial charge in [0.25, 0.3) is 0 Å². The summed E-state index contributed by atoms with van der Waals surface area (Å²) in [5, 5.41) is 0.139. The predicted octanol–water partition coefficient (Wildman–Crippen LogP) is 3.70. The summed E-state index contributed by atoms with van der Waals surface area (Å²) in [5.74, 6) is -0.399. The van der Waals surface area contributed by atoms with Crippen LogP contribution in [0.1, 0.15) is 5.56 Å². The molecular weight excluding hydrogens is 251 g/mol. The van der Waals surface area contributed by atoms with E-state index in [1.165, 1.54) is 6.07 Å². The van der Waals surface area contributed by atoms with E-state index in [0.717, 1.165) is 11.3 Å². The van der Waals surface area contributed by atoms with Gasteiger partial charge in [0.2, 0.25) is 0 Å². The zero-order chi connectivity index (χ0) is 13.1. The molecule has 0 atom stereocenters. The zero-order valence-corrected chi connectivity index (χ0v) is 10.8. The smallest absolute Gasteiger partial charge is 0.142 e. The van der Waals surface area contributed by atoms with Gasteiger partial charge in [0.15, 0.2) is 0 Å². The number of anilines is 2. The number of nitrogens with zero attached hydrogens (tertiary/aromatic N) is 1. The summed E-state index contributed by atoms with van der Waals surface area (Å²) >= 11 is 5.65. The van der Waals surface area contributed by atoms with E-state index < -0.39 is 5.82 Å². The van der Waals surface area contributed by atoms with Crippen LogP contribution in [0.2, 0.25) is 5.02 Å². The predicted molar refractivity (Wildman–Crippen MR) is 74.4 cm³/mol. The van der Waals surface area contributed by atoms with Gasteiger partial charge in [0, 0.05) is 13.6 Å². The van der Waals surface area contributed by atoms with Crippen molar-refractivity contribution < 1.29 is 4.39 Å². The first-order chi connectivity index (χ1) is 8.58. The molecule has 0 spiro atoms. The minimum Gasteiger partial charge on any atom is -0.397 e. The molecule has 4 heteroatoms. The van der Waals surface area contributed by atoms with Gasteiger partial charge in [-0.2, -0.15) is 0 Å². The first-order valence-corrected chi connectivity index (χ1v) is 5.95. The van der Waals surface area contributed by atoms with E-state index in [1.807, 2.05) is 36.2 Å². The molecule has 0 saturated carbocycles. The molecule has 0 aromatic heterocycles. The van der Waals surface area contributed by atoms with Crippen LogP contribution in [0, 0.1) is 5.82 Å². The van der Waals surface area contributed by atoms with Crippen LogP contribution in [-0.2, 0) is 6.54 Å². The lowest BCUT2D eigenvalue weighted by atomic mass is 10.2. The molecule has 0 unspecified atom stereocenters. The van der Waals surface area contributed by atoms with Gasteiger partial charge in [-0.25, -0.2) is 4.39 Å². The van der Waals surface area contributed by atoms with Gasteiger partial charge in [-0.15, -0.1) is 0 Å². The van der Waals surface area contributed by atoms with Crippen LogP contribution < -0.4 is 10.6 Å². The average Bonchev–Trinajstić information content (AvgIpc) is 2.34. The third-order valence-electron chi connectivity index (χ3n) is 2.75. The Morgan fingerprint density at radius 2 is 1.94 bits per heavy atom. The summed E-state index contributed by atoms with van der Waals surface area (Å²) < 4.78 is 13.3. The van der Waals surface area contributed by atoms with E-state index in [9.17, 15) is 4.39 Å². The van der Waals surface area contributed by atoms with Crippen LogP contribution >= 0.6 is 11.6 Å². The molecule has 0 aliphatic rings. The second-order valence-electron chi connectivity index (χ2n) is 4.16. The van der Waals surface area contributed by atoms with Crippen molar-refractivity contribution in [2.45, 2.75) is 6.54 Å². The van der Waals surface area contributed by atoms with Gasteiger partial charge >= 0.3 is 0 Å². The Balaban J connectivity index is 2.19. The van der Waals surface area contributed by atoms with E-state index in [-0.39, 0.29) is 5.02 Å². The summed E-state index contributed by atoms with van der Waals surface area (Å²) in [6.07, 6.45) is 0. The maximum absolute atomic E-state index is 13.3. The maximum Gasteiger partial charge on any atom is 0.142 e. The maximum atomic E-state index is 13.3. The molecule has 0 bridgehead atoms. The molecule has 0 heterocycles. The molecule has 2 rings (SSSR count). The molecule has 0 radical (unpaired) electrons. The fourth-order valence-electron chi connectivity index (χ4n) is 1.83. The van der Waals surface area contributed by atoms with Crippen LogP contribution in [-0.4, -0.2) is 7.05 Å². The Kier molecular flexibility index (Phi) is 3.72. The average molecular weight is 265 g/mol. The summed E-state index contributed by atoms with van der Waals surface area (Å²) in [6, 6.07) is 12.4. The Morgan fingerprint density at radius 3 is 2.61 bits per heavy atom. The van der Waals surface area contributed by atoms with Crippen molar-refractivity contribution in [2.75, 3.05) is 17.7 Å². The van der Waals surface area contributed by atoms with Crippen molar-refractivity contribution in [3.8, 4) is 0 Å². The van der Waals surface area contributed by atoms with Crippen LogP contribution in [0.15, 0.2) is 42.5 Å². The number of hydrogen-bond donors (Lipinski definition) is 1. The molecular formula is C14H14ClFN2. The highest BCUT2D eigenvalue weighted by Gasteiger charge is 2.07. The molecule has 0 aliphatic carbocycles. The second-order valence-corrected chi connectivity index (χ2v) is 4.57. The summed E-state index contributed by atoms with van der Waals surface area (Å²) in [6.45, 7) is 0.572. The molecule has 0 amide bonds. The van der Waals surface area contributed by atoms with Crippen LogP contribution in [0.3, 0.4) is 0 Å². The minimum absolute atomic E-state index is 0.139. The SMILES string of the molecule is CN(Cc1ccc(Cl)c(F)c1)c1ccccc1N. The lowest BCUT2D eigenvalue weighted by Crippen LogP contribution is -2.17. The monoisotopic (exact) mass is 264 g/mol. The number of nitrogen functional groups attached to an aromatic ring is 1. The lowest BCUT2D eigenvalue weighted by molar-refractivity contribution is 0.625. The first-order valence-electron chi connectivity index (χ1n) is 5.57. The van der Waals surface area contributed by atoms with E-state index in [2.05, 4.69) is 0 Å². The fourth-order valence-corrected chi connectivity index (χ4v) is 1.95. The quantitative estimate of drug-likeness (QED) is 0.857. The highest BCUT2D eigenvalue weighted by molar-refractivity contribution is 6.30. The highest BCUT2D eigenvalue weighted by atomic mass is 35.5. The number of nitrogens with two attached hydrogens (primary N) is 1.